The molecule has 0 aliphatic heterocycles. The highest BCUT2D eigenvalue weighted by Crippen LogP contribution is 2.26. The summed E-state index contributed by atoms with van der Waals surface area (Å²) in [6, 6.07) is 12.7. The van der Waals surface area contributed by atoms with E-state index in [-0.39, 0.29) is 0 Å². The summed E-state index contributed by atoms with van der Waals surface area (Å²) in [5.41, 5.74) is 3.94. The van der Waals surface area contributed by atoms with Crippen molar-refractivity contribution in [1.82, 2.24) is 5.43 Å². The van der Waals surface area contributed by atoms with Crippen molar-refractivity contribution in [3.05, 3.63) is 55.2 Å². The molecule has 0 heterocycles. The van der Waals surface area contributed by atoms with Gasteiger partial charge < -0.3 is 10.1 Å². The lowest BCUT2D eigenvalue weighted by atomic mass is 10.2. The van der Waals surface area contributed by atoms with Gasteiger partial charge in [-0.2, -0.15) is 5.10 Å². The topological polar surface area (TPSA) is 62.7 Å². The van der Waals surface area contributed by atoms with Crippen LogP contribution in [0.3, 0.4) is 0 Å². The molecule has 2 aromatic carbocycles. The zero-order chi connectivity index (χ0) is 15.9. The number of amides is 2. The Morgan fingerprint density at radius 1 is 1.23 bits per heavy atom. The number of urea groups is 1. The van der Waals surface area contributed by atoms with Crippen molar-refractivity contribution in [2.24, 2.45) is 5.10 Å². The molecule has 114 valence electrons. The van der Waals surface area contributed by atoms with Gasteiger partial charge in [-0.05, 0) is 69.4 Å². The van der Waals surface area contributed by atoms with Gasteiger partial charge in [0, 0.05) is 14.8 Å². The molecule has 0 radical (unpaired) electrons. The van der Waals surface area contributed by atoms with Crippen molar-refractivity contribution < 1.29 is 9.53 Å². The van der Waals surface area contributed by atoms with Crippen molar-refractivity contribution in [3.63, 3.8) is 0 Å². The molecule has 0 aliphatic carbocycles. The smallest absolute Gasteiger partial charge is 0.339 e. The van der Waals surface area contributed by atoms with Crippen LogP contribution >= 0.6 is 45.2 Å². The molecule has 0 spiro atoms. The fourth-order valence-corrected chi connectivity index (χ4v) is 3.84. The zero-order valence-corrected chi connectivity index (χ0v) is 16.0. The van der Waals surface area contributed by atoms with Gasteiger partial charge in [-0.1, -0.05) is 18.2 Å². The molecule has 2 N–H and O–H groups in total. The Labute approximate surface area is 155 Å². The second-order valence-corrected chi connectivity index (χ2v) is 6.61. The van der Waals surface area contributed by atoms with E-state index in [2.05, 4.69) is 61.0 Å². The molecule has 2 aromatic rings. The van der Waals surface area contributed by atoms with Gasteiger partial charge in [0.05, 0.1) is 16.9 Å². The highest BCUT2D eigenvalue weighted by atomic mass is 127. The number of ether oxygens (including phenoxy) is 1. The van der Waals surface area contributed by atoms with E-state index < -0.39 is 6.03 Å². The van der Waals surface area contributed by atoms with Crippen LogP contribution in [-0.2, 0) is 0 Å². The Bertz CT molecular complexity index is 691. The van der Waals surface area contributed by atoms with Gasteiger partial charge in [0.15, 0.2) is 0 Å². The molecular formula is C15H13I2N3O2. The summed E-state index contributed by atoms with van der Waals surface area (Å²) in [6.45, 7) is 0. The van der Waals surface area contributed by atoms with Crippen LogP contribution in [0, 0.1) is 7.14 Å². The van der Waals surface area contributed by atoms with Crippen LogP contribution in [0.1, 0.15) is 5.56 Å². The molecule has 2 amide bonds. The summed E-state index contributed by atoms with van der Waals surface area (Å²) in [7, 11) is 1.61. The number of hydrogen-bond acceptors (Lipinski definition) is 3. The SMILES string of the molecule is COc1c(I)cc(I)cc1/C=N\NC(=O)Nc1ccccc1. The lowest BCUT2D eigenvalue weighted by molar-refractivity contribution is 0.252. The average Bonchev–Trinajstić information content (AvgIpc) is 2.48. The zero-order valence-electron chi connectivity index (χ0n) is 11.6. The normalized spacial score (nSPS) is 10.5. The number of methoxy groups -OCH3 is 1. The molecule has 22 heavy (non-hydrogen) atoms. The maximum absolute atomic E-state index is 11.7. The standard InChI is InChI=1S/C15H13I2N3O2/c1-22-14-10(7-11(16)8-13(14)17)9-18-20-15(21)19-12-5-3-2-4-6-12/h2-9H,1H3,(H2,19,20,21)/b18-9-. The second kappa shape index (κ2) is 8.32. The van der Waals surface area contributed by atoms with Crippen molar-refractivity contribution in [2.45, 2.75) is 0 Å². The molecule has 5 nitrogen and oxygen atoms in total. The third kappa shape index (κ3) is 4.83. The van der Waals surface area contributed by atoms with Crippen LogP contribution in [0.25, 0.3) is 0 Å². The van der Waals surface area contributed by atoms with Crippen molar-refractivity contribution in [2.75, 3.05) is 12.4 Å². The first-order valence-electron chi connectivity index (χ1n) is 6.28. The van der Waals surface area contributed by atoms with E-state index in [1.54, 1.807) is 25.5 Å². The highest BCUT2D eigenvalue weighted by molar-refractivity contribution is 14.1. The van der Waals surface area contributed by atoms with Crippen LogP contribution in [-0.4, -0.2) is 19.4 Å². The lowest BCUT2D eigenvalue weighted by Crippen LogP contribution is -2.24. The minimum absolute atomic E-state index is 0.401. The van der Waals surface area contributed by atoms with E-state index in [1.807, 2.05) is 30.3 Å². The molecule has 7 heteroatoms. The number of benzene rings is 2. The van der Waals surface area contributed by atoms with Gasteiger partial charge in [0.2, 0.25) is 0 Å². The summed E-state index contributed by atoms with van der Waals surface area (Å²) in [6.07, 6.45) is 1.56. The first-order chi connectivity index (χ1) is 10.6. The van der Waals surface area contributed by atoms with Gasteiger partial charge in [0.25, 0.3) is 0 Å². The molecule has 0 aromatic heterocycles. The molecule has 0 aliphatic rings. The van der Waals surface area contributed by atoms with Crippen LogP contribution in [0.5, 0.6) is 5.75 Å². The van der Waals surface area contributed by atoms with Gasteiger partial charge in [0.1, 0.15) is 5.75 Å². The number of nitrogens with zero attached hydrogens (tertiary/aromatic N) is 1. The maximum Gasteiger partial charge on any atom is 0.339 e. The summed E-state index contributed by atoms with van der Waals surface area (Å²) >= 11 is 4.42. The number of anilines is 1. The lowest BCUT2D eigenvalue weighted by Gasteiger charge is -2.08. The first kappa shape index (κ1) is 17.0. The predicted molar refractivity (Wildman–Crippen MR) is 105 cm³/mol. The fraction of sp³-hybridized carbons (Fsp3) is 0.0667. The maximum atomic E-state index is 11.7. The molecule has 0 saturated carbocycles. The molecule has 0 atom stereocenters. The molecule has 0 unspecified atom stereocenters. The molecule has 2 rings (SSSR count). The Morgan fingerprint density at radius 3 is 2.64 bits per heavy atom. The predicted octanol–water partition coefficient (Wildman–Crippen LogP) is 4.06. The van der Waals surface area contributed by atoms with E-state index in [1.165, 1.54) is 0 Å². The Morgan fingerprint density at radius 2 is 1.95 bits per heavy atom. The minimum atomic E-state index is -0.401. The Balaban J connectivity index is 2.02. The monoisotopic (exact) mass is 521 g/mol. The van der Waals surface area contributed by atoms with Crippen LogP contribution in [0.2, 0.25) is 0 Å². The average molecular weight is 521 g/mol. The number of carbonyl (C=O) groups is 1. The number of nitrogens with one attached hydrogen (secondary N) is 2. The van der Waals surface area contributed by atoms with Crippen molar-refractivity contribution >= 4 is 63.1 Å². The molecular weight excluding hydrogens is 508 g/mol. The van der Waals surface area contributed by atoms with Crippen LogP contribution in [0.15, 0.2) is 47.6 Å². The quantitative estimate of drug-likeness (QED) is 0.363. The summed E-state index contributed by atoms with van der Waals surface area (Å²) < 4.78 is 7.41. The van der Waals surface area contributed by atoms with E-state index in [0.29, 0.717) is 5.69 Å². The number of halogens is 2. The van der Waals surface area contributed by atoms with Gasteiger partial charge >= 0.3 is 6.03 Å². The number of rotatable bonds is 4. The minimum Gasteiger partial charge on any atom is -0.495 e. The van der Waals surface area contributed by atoms with Crippen LogP contribution < -0.4 is 15.5 Å². The van der Waals surface area contributed by atoms with Crippen molar-refractivity contribution in [1.29, 1.82) is 0 Å². The highest BCUT2D eigenvalue weighted by Gasteiger charge is 2.07. The van der Waals surface area contributed by atoms with E-state index in [9.17, 15) is 4.79 Å². The number of para-hydroxylation sites is 1. The third-order valence-electron chi connectivity index (χ3n) is 2.64. The molecule has 0 fully saturated rings. The Hall–Kier alpha value is -1.36. The van der Waals surface area contributed by atoms with Gasteiger partial charge in [-0.25, -0.2) is 10.2 Å². The number of hydrazone groups is 1. The van der Waals surface area contributed by atoms with Gasteiger partial charge in [-0.3, -0.25) is 0 Å². The van der Waals surface area contributed by atoms with E-state index in [0.717, 1.165) is 18.5 Å². The van der Waals surface area contributed by atoms with Crippen molar-refractivity contribution in [3.8, 4) is 5.75 Å². The second-order valence-electron chi connectivity index (χ2n) is 4.20. The Kier molecular flexibility index (Phi) is 6.43. The number of carbonyl (C=O) groups excluding carboxylic acids is 1. The third-order valence-corrected chi connectivity index (χ3v) is 4.07. The number of hydrogen-bond donors (Lipinski definition) is 2. The molecule has 0 saturated heterocycles. The van der Waals surface area contributed by atoms with Gasteiger partial charge in [-0.15, -0.1) is 0 Å². The van der Waals surface area contributed by atoms with Crippen LogP contribution in [0.4, 0.5) is 10.5 Å². The summed E-state index contributed by atoms with van der Waals surface area (Å²) in [5.74, 6) is 0.732. The fourth-order valence-electron chi connectivity index (χ4n) is 1.73. The molecule has 0 bridgehead atoms. The largest absolute Gasteiger partial charge is 0.495 e. The summed E-state index contributed by atoms with van der Waals surface area (Å²) in [5, 5.41) is 6.64. The first-order valence-corrected chi connectivity index (χ1v) is 8.44. The van der Waals surface area contributed by atoms with E-state index >= 15 is 0 Å². The summed E-state index contributed by atoms with van der Waals surface area (Å²) in [4.78, 5) is 11.7. The van der Waals surface area contributed by atoms with E-state index in [4.69, 9.17) is 4.74 Å².